The van der Waals surface area contributed by atoms with Gasteiger partial charge in [-0.25, -0.2) is 9.78 Å². The van der Waals surface area contributed by atoms with E-state index in [1.807, 2.05) is 44.2 Å². The molecular weight excluding hydrogens is 382 g/mol. The molecule has 0 aliphatic heterocycles. The van der Waals surface area contributed by atoms with E-state index in [2.05, 4.69) is 4.98 Å². The van der Waals surface area contributed by atoms with Gasteiger partial charge in [-0.05, 0) is 61.6 Å². The lowest BCUT2D eigenvalue weighted by Crippen LogP contribution is -2.01. The average Bonchev–Trinajstić information content (AvgIpc) is 2.71. The first-order valence-corrected chi connectivity index (χ1v) is 9.60. The first kappa shape index (κ1) is 21.0. The summed E-state index contributed by atoms with van der Waals surface area (Å²) < 4.78 is 5.74. The summed E-state index contributed by atoms with van der Waals surface area (Å²) in [4.78, 5) is 26.5. The number of aromatic carboxylic acids is 1. The van der Waals surface area contributed by atoms with Gasteiger partial charge in [0.2, 0.25) is 5.88 Å². The molecule has 30 heavy (non-hydrogen) atoms. The van der Waals surface area contributed by atoms with Crippen LogP contribution in [0.2, 0.25) is 0 Å². The Bertz CT molecular complexity index is 1060. The molecule has 2 aromatic rings. The molecule has 0 amide bonds. The van der Waals surface area contributed by atoms with Crippen molar-refractivity contribution in [1.82, 2.24) is 4.98 Å². The molecule has 0 radical (unpaired) electrons. The van der Waals surface area contributed by atoms with Crippen LogP contribution in [-0.4, -0.2) is 27.1 Å². The summed E-state index contributed by atoms with van der Waals surface area (Å²) in [7, 11) is 0. The maximum absolute atomic E-state index is 11.3. The molecule has 1 aromatic carbocycles. The van der Waals surface area contributed by atoms with E-state index in [4.69, 9.17) is 9.84 Å². The number of allylic oxidation sites excluding steroid dienone is 5. The lowest BCUT2D eigenvalue weighted by atomic mass is 9.96. The molecule has 3 rings (SSSR count). The summed E-state index contributed by atoms with van der Waals surface area (Å²) in [5, 5.41) is 18.0. The molecule has 0 spiro atoms. The summed E-state index contributed by atoms with van der Waals surface area (Å²) in [6.07, 6.45) is 8.76. The summed E-state index contributed by atoms with van der Waals surface area (Å²) in [6.45, 7) is 3.74. The Morgan fingerprint density at radius 1 is 1.13 bits per heavy atom. The topological polar surface area (TPSA) is 96.7 Å². The largest absolute Gasteiger partial charge is 0.481 e. The third-order valence-corrected chi connectivity index (χ3v) is 4.83. The molecule has 0 saturated heterocycles. The fourth-order valence-corrected chi connectivity index (χ4v) is 3.37. The van der Waals surface area contributed by atoms with Crippen LogP contribution in [0.4, 0.5) is 0 Å². The predicted octanol–water partition coefficient (Wildman–Crippen LogP) is 5.08. The van der Waals surface area contributed by atoms with E-state index in [0.29, 0.717) is 24.4 Å². The molecule has 1 heterocycles. The number of nitrogens with zero attached hydrogens (tertiary/aromatic N) is 1. The van der Waals surface area contributed by atoms with E-state index >= 15 is 0 Å². The Kier molecular flexibility index (Phi) is 6.47. The molecule has 6 nitrogen and oxygen atoms in total. The third-order valence-electron chi connectivity index (χ3n) is 4.83. The smallest absolute Gasteiger partial charge is 0.335 e. The molecular formula is C24H23NO5. The minimum absolute atomic E-state index is 0.120. The Morgan fingerprint density at radius 3 is 2.47 bits per heavy atom. The number of ether oxygens (including phenoxy) is 1. The van der Waals surface area contributed by atoms with Gasteiger partial charge < -0.3 is 14.9 Å². The lowest BCUT2D eigenvalue weighted by molar-refractivity contribution is -0.136. The maximum atomic E-state index is 11.3. The standard InChI is InChI=1S/C24H23NO5/c1-15-12-19(24(28)29)13-16(2)23(15)20-4-3-5-21(25-20)30-14-18-8-6-17(7-9-18)10-11-22(26)27/h3-8,12-14H,9-11H2,1-2H3,(H,26,27)(H,28,29). The molecule has 0 fully saturated rings. The number of carboxylic acid groups (broad SMARTS) is 2. The van der Waals surface area contributed by atoms with Gasteiger partial charge in [-0.2, -0.15) is 0 Å². The van der Waals surface area contributed by atoms with Crippen molar-refractivity contribution in [3.05, 3.63) is 82.7 Å². The van der Waals surface area contributed by atoms with Gasteiger partial charge in [0.05, 0.1) is 17.5 Å². The fourth-order valence-electron chi connectivity index (χ4n) is 3.37. The van der Waals surface area contributed by atoms with Crippen LogP contribution in [0.5, 0.6) is 5.88 Å². The zero-order valence-corrected chi connectivity index (χ0v) is 16.9. The minimum Gasteiger partial charge on any atom is -0.481 e. The van der Waals surface area contributed by atoms with Gasteiger partial charge in [0.15, 0.2) is 0 Å². The Hall–Kier alpha value is -3.67. The monoisotopic (exact) mass is 405 g/mol. The van der Waals surface area contributed by atoms with Crippen molar-refractivity contribution in [1.29, 1.82) is 0 Å². The van der Waals surface area contributed by atoms with Crippen LogP contribution in [0, 0.1) is 13.8 Å². The van der Waals surface area contributed by atoms with Gasteiger partial charge in [0.25, 0.3) is 0 Å². The number of carboxylic acids is 2. The van der Waals surface area contributed by atoms with Crippen LogP contribution in [0.3, 0.4) is 0 Å². The van der Waals surface area contributed by atoms with E-state index in [1.54, 1.807) is 24.5 Å². The van der Waals surface area contributed by atoms with E-state index in [0.717, 1.165) is 27.8 Å². The normalized spacial score (nSPS) is 14.5. The molecule has 6 heteroatoms. The van der Waals surface area contributed by atoms with Crippen LogP contribution in [0.15, 0.2) is 66.0 Å². The summed E-state index contributed by atoms with van der Waals surface area (Å²) in [6, 6.07) is 8.76. The van der Waals surface area contributed by atoms with Crippen LogP contribution in [0.25, 0.3) is 11.3 Å². The van der Waals surface area contributed by atoms with Gasteiger partial charge in [-0.1, -0.05) is 29.9 Å². The average molecular weight is 405 g/mol. The van der Waals surface area contributed by atoms with Gasteiger partial charge in [-0.3, -0.25) is 4.79 Å². The zero-order valence-electron chi connectivity index (χ0n) is 16.9. The highest BCUT2D eigenvalue weighted by atomic mass is 16.5. The second-order valence-corrected chi connectivity index (χ2v) is 7.17. The molecule has 1 aliphatic rings. The van der Waals surface area contributed by atoms with E-state index in [-0.39, 0.29) is 12.0 Å². The van der Waals surface area contributed by atoms with Crippen molar-refractivity contribution in [3.63, 3.8) is 0 Å². The number of aromatic nitrogens is 1. The first-order chi connectivity index (χ1) is 14.3. The van der Waals surface area contributed by atoms with Crippen LogP contribution >= 0.6 is 0 Å². The van der Waals surface area contributed by atoms with Crippen molar-refractivity contribution in [2.75, 3.05) is 0 Å². The number of rotatable bonds is 7. The van der Waals surface area contributed by atoms with Crippen molar-refractivity contribution in [3.8, 4) is 17.1 Å². The minimum atomic E-state index is -0.954. The number of benzene rings is 1. The second kappa shape index (κ2) is 9.22. The SMILES string of the molecule is Cc1cc(C(=O)O)cc(C)c1-c1cccc(OC=C2C=CC(CCC(=O)O)=CC2)n1. The molecule has 0 saturated carbocycles. The number of aryl methyl sites for hydroxylation is 2. The highest BCUT2D eigenvalue weighted by molar-refractivity contribution is 5.89. The van der Waals surface area contributed by atoms with Gasteiger partial charge in [0, 0.05) is 18.1 Å². The van der Waals surface area contributed by atoms with Crippen molar-refractivity contribution in [2.45, 2.75) is 33.1 Å². The van der Waals surface area contributed by atoms with Crippen molar-refractivity contribution in [2.24, 2.45) is 0 Å². The Morgan fingerprint density at radius 2 is 1.87 bits per heavy atom. The van der Waals surface area contributed by atoms with E-state index in [9.17, 15) is 14.7 Å². The predicted molar refractivity (Wildman–Crippen MR) is 114 cm³/mol. The lowest BCUT2D eigenvalue weighted by Gasteiger charge is -2.12. The van der Waals surface area contributed by atoms with E-state index in [1.165, 1.54) is 0 Å². The molecule has 0 bridgehead atoms. The van der Waals surface area contributed by atoms with Crippen molar-refractivity contribution < 1.29 is 24.5 Å². The number of aliphatic carboxylic acids is 1. The Balaban J connectivity index is 1.73. The van der Waals surface area contributed by atoms with Crippen LogP contribution < -0.4 is 4.74 Å². The summed E-state index contributed by atoms with van der Waals surface area (Å²) in [5.74, 6) is -1.32. The van der Waals surface area contributed by atoms with Crippen LogP contribution in [0.1, 0.15) is 40.7 Å². The summed E-state index contributed by atoms with van der Waals surface area (Å²) in [5.41, 5.74) is 5.50. The van der Waals surface area contributed by atoms with Gasteiger partial charge in [0.1, 0.15) is 0 Å². The van der Waals surface area contributed by atoms with E-state index < -0.39 is 11.9 Å². The zero-order chi connectivity index (χ0) is 21.7. The quantitative estimate of drug-likeness (QED) is 0.624. The molecule has 0 atom stereocenters. The van der Waals surface area contributed by atoms with Crippen molar-refractivity contribution >= 4 is 11.9 Å². The first-order valence-electron chi connectivity index (χ1n) is 9.60. The van der Waals surface area contributed by atoms with Gasteiger partial charge >= 0.3 is 11.9 Å². The molecule has 2 N–H and O–H groups in total. The van der Waals surface area contributed by atoms with Crippen LogP contribution in [-0.2, 0) is 4.79 Å². The van der Waals surface area contributed by atoms with Gasteiger partial charge in [-0.15, -0.1) is 0 Å². The summed E-state index contributed by atoms with van der Waals surface area (Å²) >= 11 is 0. The molecule has 1 aromatic heterocycles. The number of pyridine rings is 1. The fraction of sp³-hybridized carbons (Fsp3) is 0.208. The molecule has 154 valence electrons. The maximum Gasteiger partial charge on any atom is 0.335 e. The number of hydrogen-bond donors (Lipinski definition) is 2. The molecule has 1 aliphatic carbocycles. The molecule has 0 unspecified atom stereocenters. The number of hydrogen-bond acceptors (Lipinski definition) is 4. The highest BCUT2D eigenvalue weighted by Gasteiger charge is 2.13. The highest BCUT2D eigenvalue weighted by Crippen LogP contribution is 2.28. The Labute approximate surface area is 174 Å². The third kappa shape index (κ3) is 5.23. The number of carbonyl (C=O) groups is 2. The second-order valence-electron chi connectivity index (χ2n) is 7.17.